The molecule has 2 rings (SSSR count). The van der Waals surface area contributed by atoms with Gasteiger partial charge in [0.1, 0.15) is 17.1 Å². The number of hydrogen-bond donors (Lipinski definition) is 2. The van der Waals surface area contributed by atoms with Crippen LogP contribution in [0.15, 0.2) is 30.3 Å². The summed E-state index contributed by atoms with van der Waals surface area (Å²) < 4.78 is 15.3. The van der Waals surface area contributed by atoms with E-state index >= 15 is 0 Å². The molecule has 0 bridgehead atoms. The molecule has 0 amide bonds. The summed E-state index contributed by atoms with van der Waals surface area (Å²) in [4.78, 5) is 12.5. The number of ether oxygens (including phenoxy) is 3. The van der Waals surface area contributed by atoms with E-state index < -0.39 is 0 Å². The minimum Gasteiger partial charge on any atom is -0.507 e. The van der Waals surface area contributed by atoms with Crippen molar-refractivity contribution in [2.24, 2.45) is 0 Å². The summed E-state index contributed by atoms with van der Waals surface area (Å²) in [6.45, 7) is 0. The lowest BCUT2D eigenvalue weighted by molar-refractivity contribution is 0.0976. The second kappa shape index (κ2) is 7.59. The minimum absolute atomic E-state index is 0.000613. The van der Waals surface area contributed by atoms with E-state index in [0.717, 1.165) is 17.4 Å². The highest BCUT2D eigenvalue weighted by atomic mass is 16.5. The summed E-state index contributed by atoms with van der Waals surface area (Å²) in [7, 11) is 4.28. The number of benzene rings is 2. The lowest BCUT2D eigenvalue weighted by Gasteiger charge is -2.15. The molecular weight excluding hydrogens is 312 g/mol. The van der Waals surface area contributed by atoms with Gasteiger partial charge in [0, 0.05) is 12.5 Å². The van der Waals surface area contributed by atoms with E-state index in [1.165, 1.54) is 14.2 Å². The number of aromatic hydroxyl groups is 2. The second-order valence-corrected chi connectivity index (χ2v) is 5.13. The molecule has 0 fully saturated rings. The molecule has 2 N–H and O–H groups in total. The molecule has 2 aromatic carbocycles. The molecule has 0 atom stereocenters. The minimum atomic E-state index is -0.343. The zero-order chi connectivity index (χ0) is 17.7. The van der Waals surface area contributed by atoms with Gasteiger partial charge in [0.25, 0.3) is 0 Å². The van der Waals surface area contributed by atoms with Crippen molar-refractivity contribution in [3.63, 3.8) is 0 Å². The number of hydrogen-bond acceptors (Lipinski definition) is 6. The van der Waals surface area contributed by atoms with E-state index in [1.807, 2.05) is 24.3 Å². The van der Waals surface area contributed by atoms with Crippen molar-refractivity contribution in [1.82, 2.24) is 0 Å². The maximum atomic E-state index is 12.5. The van der Waals surface area contributed by atoms with Crippen LogP contribution in [0, 0.1) is 0 Å². The van der Waals surface area contributed by atoms with Crippen LogP contribution < -0.4 is 14.2 Å². The van der Waals surface area contributed by atoms with Crippen LogP contribution in [0.3, 0.4) is 0 Å². The molecule has 0 spiro atoms. The Labute approximate surface area is 140 Å². The fourth-order valence-corrected chi connectivity index (χ4v) is 2.45. The van der Waals surface area contributed by atoms with Crippen molar-refractivity contribution in [2.45, 2.75) is 12.8 Å². The molecule has 0 heterocycles. The Bertz CT molecular complexity index is 721. The highest BCUT2D eigenvalue weighted by molar-refractivity contribution is 6.02. The van der Waals surface area contributed by atoms with Gasteiger partial charge in [-0.05, 0) is 24.1 Å². The predicted molar refractivity (Wildman–Crippen MR) is 88.5 cm³/mol. The third-order valence-electron chi connectivity index (χ3n) is 3.68. The van der Waals surface area contributed by atoms with E-state index in [0.29, 0.717) is 6.42 Å². The van der Waals surface area contributed by atoms with Crippen LogP contribution in [0.4, 0.5) is 0 Å². The number of aryl methyl sites for hydroxylation is 1. The van der Waals surface area contributed by atoms with Crippen molar-refractivity contribution >= 4 is 5.78 Å². The molecule has 128 valence electrons. The third kappa shape index (κ3) is 3.53. The van der Waals surface area contributed by atoms with Crippen LogP contribution in [-0.4, -0.2) is 37.3 Å². The largest absolute Gasteiger partial charge is 0.507 e. The topological polar surface area (TPSA) is 85.2 Å². The molecule has 6 heteroatoms. The van der Waals surface area contributed by atoms with Gasteiger partial charge in [-0.15, -0.1) is 0 Å². The molecule has 0 radical (unpaired) electrons. The fraction of sp³-hybridized carbons (Fsp3) is 0.278. The zero-order valence-electron chi connectivity index (χ0n) is 13.8. The molecule has 0 saturated carbocycles. The molecule has 0 unspecified atom stereocenters. The molecule has 2 aromatic rings. The number of Topliss-reactive ketones (excluding diaryl/α,β-unsaturated/α-hetero) is 1. The Morgan fingerprint density at radius 1 is 0.917 bits per heavy atom. The average Bonchev–Trinajstić information content (AvgIpc) is 2.59. The number of rotatable bonds is 7. The van der Waals surface area contributed by atoms with Gasteiger partial charge in [0.05, 0.1) is 21.3 Å². The number of methoxy groups -OCH3 is 3. The second-order valence-electron chi connectivity index (χ2n) is 5.13. The van der Waals surface area contributed by atoms with Gasteiger partial charge in [-0.2, -0.15) is 0 Å². The first-order chi connectivity index (χ1) is 11.5. The van der Waals surface area contributed by atoms with Crippen molar-refractivity contribution in [3.8, 4) is 28.7 Å². The van der Waals surface area contributed by atoms with Gasteiger partial charge >= 0.3 is 0 Å². The first kappa shape index (κ1) is 17.5. The SMILES string of the molecule is COc1ccc(CCC(=O)c2c(O)cc(O)c(OC)c2OC)cc1. The zero-order valence-corrected chi connectivity index (χ0v) is 13.8. The van der Waals surface area contributed by atoms with Crippen LogP contribution in [0.1, 0.15) is 22.3 Å². The van der Waals surface area contributed by atoms with E-state index in [9.17, 15) is 15.0 Å². The Hall–Kier alpha value is -2.89. The van der Waals surface area contributed by atoms with Crippen molar-refractivity contribution in [1.29, 1.82) is 0 Å². The lowest BCUT2D eigenvalue weighted by atomic mass is 10.0. The lowest BCUT2D eigenvalue weighted by Crippen LogP contribution is -2.06. The van der Waals surface area contributed by atoms with Crippen molar-refractivity contribution in [2.75, 3.05) is 21.3 Å². The molecule has 0 aliphatic rings. The first-order valence-electron chi connectivity index (χ1n) is 7.34. The number of phenols is 2. The normalized spacial score (nSPS) is 10.3. The predicted octanol–water partition coefficient (Wildman–Crippen LogP) is 2.94. The van der Waals surface area contributed by atoms with Crippen molar-refractivity contribution < 1.29 is 29.2 Å². The summed E-state index contributed by atoms with van der Waals surface area (Å²) in [6, 6.07) is 8.46. The van der Waals surface area contributed by atoms with E-state index in [-0.39, 0.29) is 40.8 Å². The highest BCUT2D eigenvalue weighted by Gasteiger charge is 2.24. The molecule has 0 aromatic heterocycles. The molecule has 24 heavy (non-hydrogen) atoms. The maximum absolute atomic E-state index is 12.5. The van der Waals surface area contributed by atoms with Gasteiger partial charge in [0.15, 0.2) is 17.3 Å². The molecule has 0 aliphatic heterocycles. The van der Waals surface area contributed by atoms with Crippen LogP contribution in [0.2, 0.25) is 0 Å². The Morgan fingerprint density at radius 3 is 2.08 bits per heavy atom. The third-order valence-corrected chi connectivity index (χ3v) is 3.68. The Balaban J connectivity index is 2.22. The number of carbonyl (C=O) groups is 1. The standard InChI is InChI=1S/C18H20O6/c1-22-12-7-4-11(5-8-12)6-9-13(19)16-14(20)10-15(21)17(23-2)18(16)24-3/h4-5,7-8,10,20-21H,6,9H2,1-3H3. The Morgan fingerprint density at radius 2 is 1.54 bits per heavy atom. The van der Waals surface area contributed by atoms with Crippen LogP contribution in [-0.2, 0) is 6.42 Å². The van der Waals surface area contributed by atoms with E-state index in [1.54, 1.807) is 7.11 Å². The highest BCUT2D eigenvalue weighted by Crippen LogP contribution is 2.44. The van der Waals surface area contributed by atoms with Crippen LogP contribution >= 0.6 is 0 Å². The number of ketones is 1. The average molecular weight is 332 g/mol. The van der Waals surface area contributed by atoms with E-state index in [2.05, 4.69) is 0 Å². The number of carbonyl (C=O) groups excluding carboxylic acids is 1. The Kier molecular flexibility index (Phi) is 5.52. The van der Waals surface area contributed by atoms with Crippen LogP contribution in [0.25, 0.3) is 0 Å². The summed E-state index contributed by atoms with van der Waals surface area (Å²) >= 11 is 0. The van der Waals surface area contributed by atoms with Gasteiger partial charge in [-0.25, -0.2) is 0 Å². The summed E-state index contributed by atoms with van der Waals surface area (Å²) in [5.74, 6) is -0.160. The van der Waals surface area contributed by atoms with E-state index in [4.69, 9.17) is 14.2 Å². The quantitative estimate of drug-likeness (QED) is 0.758. The summed E-state index contributed by atoms with van der Waals surface area (Å²) in [5.41, 5.74) is 0.967. The van der Waals surface area contributed by atoms with Gasteiger partial charge in [-0.1, -0.05) is 12.1 Å². The van der Waals surface area contributed by atoms with Gasteiger partial charge in [0.2, 0.25) is 5.75 Å². The summed E-state index contributed by atoms with van der Waals surface area (Å²) in [6.07, 6.45) is 0.665. The first-order valence-corrected chi connectivity index (χ1v) is 7.34. The van der Waals surface area contributed by atoms with Gasteiger partial charge in [-0.3, -0.25) is 4.79 Å². The molecule has 0 aliphatic carbocycles. The fourth-order valence-electron chi connectivity index (χ4n) is 2.45. The maximum Gasteiger partial charge on any atom is 0.204 e. The molecule has 0 saturated heterocycles. The molecule has 6 nitrogen and oxygen atoms in total. The molecular formula is C18H20O6. The smallest absolute Gasteiger partial charge is 0.204 e. The van der Waals surface area contributed by atoms with Crippen molar-refractivity contribution in [3.05, 3.63) is 41.5 Å². The summed E-state index contributed by atoms with van der Waals surface area (Å²) in [5, 5.41) is 19.8. The number of phenolic OH excluding ortho intramolecular Hbond substituents is 2. The van der Waals surface area contributed by atoms with Crippen LogP contribution in [0.5, 0.6) is 28.7 Å². The monoisotopic (exact) mass is 332 g/mol. The van der Waals surface area contributed by atoms with Gasteiger partial charge < -0.3 is 24.4 Å².